The number of esters is 3. The summed E-state index contributed by atoms with van der Waals surface area (Å²) in [5.41, 5.74) is 0. The van der Waals surface area contributed by atoms with Gasteiger partial charge in [-0.05, 0) is 109 Å². The Hall–Kier alpha value is -4.19. The first kappa shape index (κ1) is 69.8. The third kappa shape index (κ3) is 58.7. The third-order valence-electron chi connectivity index (χ3n) is 12.7. The van der Waals surface area contributed by atoms with Crippen molar-refractivity contribution in [2.24, 2.45) is 0 Å². The molecule has 420 valence electrons. The maximum atomic E-state index is 12.8. The molecule has 0 aliphatic carbocycles. The Morgan fingerprint density at radius 3 is 0.824 bits per heavy atom. The highest BCUT2D eigenvalue weighted by molar-refractivity contribution is 5.71. The lowest BCUT2D eigenvalue weighted by atomic mass is 10.0. The van der Waals surface area contributed by atoms with Gasteiger partial charge in [0, 0.05) is 19.3 Å². The zero-order valence-corrected chi connectivity index (χ0v) is 48.1. The maximum absolute atomic E-state index is 12.8. The summed E-state index contributed by atoms with van der Waals surface area (Å²) >= 11 is 0. The number of rotatable bonds is 54. The normalized spacial score (nSPS) is 13.0. The molecule has 0 aliphatic heterocycles. The molecule has 0 rings (SSSR count). The van der Waals surface area contributed by atoms with Gasteiger partial charge in [-0.15, -0.1) is 0 Å². The van der Waals surface area contributed by atoms with E-state index in [1.54, 1.807) is 0 Å². The van der Waals surface area contributed by atoms with Gasteiger partial charge < -0.3 is 14.2 Å². The standard InChI is InChI=1S/C68H112O6/c1-4-7-10-13-16-18-20-22-24-26-27-28-29-30-31-32-33-34-35-36-37-38-39-40-41-43-44-46-48-50-52-55-58-61-67(70)73-64-65(63-72-66(69)60-57-54-15-12-9-6-3)74-68(71)62-59-56-53-51-49-47-45-42-25-23-21-19-17-14-11-8-5-2/h7-8,10-11,16-19,22-25,27-28,30-31,33-34,36-37,65H,4-6,9,12-15,20-21,26,29,32,35,38-64H2,1-3H3/b10-7-,11-8-,18-16-,19-17-,24-22-,25-23-,28-27-,31-30-,34-33-,37-36-. The molecule has 74 heavy (non-hydrogen) atoms. The van der Waals surface area contributed by atoms with Gasteiger partial charge in [0.05, 0.1) is 0 Å². The number of carbonyl (C=O) groups is 3. The van der Waals surface area contributed by atoms with E-state index < -0.39 is 6.10 Å². The number of ether oxygens (including phenoxy) is 3. The van der Waals surface area contributed by atoms with Crippen LogP contribution in [0.5, 0.6) is 0 Å². The van der Waals surface area contributed by atoms with Crippen molar-refractivity contribution in [3.63, 3.8) is 0 Å². The molecule has 0 aromatic carbocycles. The Bertz CT molecular complexity index is 1550. The van der Waals surface area contributed by atoms with Crippen molar-refractivity contribution in [1.82, 2.24) is 0 Å². The Kier molecular flexibility index (Phi) is 57.9. The van der Waals surface area contributed by atoms with Crippen molar-refractivity contribution < 1.29 is 28.6 Å². The Labute approximate surface area is 456 Å². The van der Waals surface area contributed by atoms with Gasteiger partial charge in [-0.25, -0.2) is 0 Å². The van der Waals surface area contributed by atoms with E-state index in [2.05, 4.69) is 142 Å². The minimum absolute atomic E-state index is 0.0835. The molecule has 0 aromatic heterocycles. The van der Waals surface area contributed by atoms with Gasteiger partial charge in [-0.3, -0.25) is 14.4 Å². The molecule has 0 amide bonds. The summed E-state index contributed by atoms with van der Waals surface area (Å²) in [5.74, 6) is -0.906. The van der Waals surface area contributed by atoms with Crippen molar-refractivity contribution in [2.75, 3.05) is 13.2 Å². The quantitative estimate of drug-likeness (QED) is 0.0261. The van der Waals surface area contributed by atoms with Crippen LogP contribution in [-0.4, -0.2) is 37.2 Å². The summed E-state index contributed by atoms with van der Waals surface area (Å²) in [5, 5.41) is 0. The molecular weight excluding hydrogens is 913 g/mol. The van der Waals surface area contributed by atoms with E-state index >= 15 is 0 Å². The molecule has 6 nitrogen and oxygen atoms in total. The minimum atomic E-state index is -0.783. The molecule has 0 spiro atoms. The number of carbonyl (C=O) groups excluding carboxylic acids is 3. The van der Waals surface area contributed by atoms with Crippen molar-refractivity contribution in [3.8, 4) is 0 Å². The van der Waals surface area contributed by atoms with Gasteiger partial charge in [0.25, 0.3) is 0 Å². The van der Waals surface area contributed by atoms with Crippen molar-refractivity contribution >= 4 is 17.9 Å². The third-order valence-corrected chi connectivity index (χ3v) is 12.7. The predicted molar refractivity (Wildman–Crippen MR) is 320 cm³/mol. The van der Waals surface area contributed by atoms with E-state index in [1.165, 1.54) is 103 Å². The van der Waals surface area contributed by atoms with E-state index in [1.807, 2.05) is 0 Å². The van der Waals surface area contributed by atoms with E-state index in [-0.39, 0.29) is 31.1 Å². The summed E-state index contributed by atoms with van der Waals surface area (Å²) in [6, 6.07) is 0. The van der Waals surface area contributed by atoms with Gasteiger partial charge in [-0.1, -0.05) is 264 Å². The smallest absolute Gasteiger partial charge is 0.306 e. The minimum Gasteiger partial charge on any atom is -0.462 e. The first-order valence-electron chi connectivity index (χ1n) is 30.5. The summed E-state index contributed by atoms with van der Waals surface area (Å²) in [6.07, 6.45) is 85.2. The van der Waals surface area contributed by atoms with Gasteiger partial charge in [0.2, 0.25) is 0 Å². The van der Waals surface area contributed by atoms with E-state index in [0.717, 1.165) is 128 Å². The maximum Gasteiger partial charge on any atom is 0.306 e. The molecule has 0 aliphatic rings. The lowest BCUT2D eigenvalue weighted by Crippen LogP contribution is -2.30. The second-order valence-corrected chi connectivity index (χ2v) is 19.9. The fraction of sp³-hybridized carbons (Fsp3) is 0.662. The molecule has 1 atom stereocenters. The lowest BCUT2D eigenvalue weighted by Gasteiger charge is -2.18. The van der Waals surface area contributed by atoms with Gasteiger partial charge in [0.1, 0.15) is 13.2 Å². The summed E-state index contributed by atoms with van der Waals surface area (Å²) in [4.78, 5) is 37.9. The lowest BCUT2D eigenvalue weighted by molar-refractivity contribution is -0.167. The highest BCUT2D eigenvalue weighted by atomic mass is 16.6. The highest BCUT2D eigenvalue weighted by Gasteiger charge is 2.19. The van der Waals surface area contributed by atoms with Crippen LogP contribution in [0.1, 0.15) is 271 Å². The topological polar surface area (TPSA) is 78.9 Å². The Morgan fingerprint density at radius 2 is 0.527 bits per heavy atom. The second kappa shape index (κ2) is 61.4. The fourth-order valence-electron chi connectivity index (χ4n) is 8.20. The van der Waals surface area contributed by atoms with Crippen LogP contribution in [0.15, 0.2) is 122 Å². The van der Waals surface area contributed by atoms with Crippen LogP contribution < -0.4 is 0 Å². The van der Waals surface area contributed by atoms with Crippen LogP contribution in [0, 0.1) is 0 Å². The number of unbranched alkanes of at least 4 members (excludes halogenated alkanes) is 23. The van der Waals surface area contributed by atoms with Crippen molar-refractivity contribution in [1.29, 1.82) is 0 Å². The number of hydrogen-bond acceptors (Lipinski definition) is 6. The SMILES string of the molecule is CC/C=C\C/C=C\C/C=C\C/C=C\C/C=C\C/C=C\C/C=C\CCCCCCCCCCCCCC(=O)OCC(COC(=O)CCCCCCCC)OC(=O)CCCCCCCCC/C=C\C/C=C\C/C=C\CC. The zero-order chi connectivity index (χ0) is 53.6. The summed E-state index contributed by atoms with van der Waals surface area (Å²) < 4.78 is 16.8. The van der Waals surface area contributed by atoms with Crippen LogP contribution in [0.2, 0.25) is 0 Å². The molecule has 0 N–H and O–H groups in total. The Balaban J connectivity index is 4.08. The van der Waals surface area contributed by atoms with Crippen LogP contribution in [0.4, 0.5) is 0 Å². The van der Waals surface area contributed by atoms with Crippen LogP contribution in [-0.2, 0) is 28.6 Å². The number of hydrogen-bond donors (Lipinski definition) is 0. The first-order chi connectivity index (χ1) is 36.5. The van der Waals surface area contributed by atoms with E-state index in [4.69, 9.17) is 14.2 Å². The molecule has 0 fully saturated rings. The van der Waals surface area contributed by atoms with Crippen molar-refractivity contribution in [2.45, 2.75) is 277 Å². The zero-order valence-electron chi connectivity index (χ0n) is 48.1. The summed E-state index contributed by atoms with van der Waals surface area (Å²) in [6.45, 7) is 6.35. The molecule has 6 heteroatoms. The first-order valence-corrected chi connectivity index (χ1v) is 30.5. The molecular formula is C68H112O6. The average Bonchev–Trinajstić information content (AvgIpc) is 3.40. The largest absolute Gasteiger partial charge is 0.462 e. The molecule has 0 saturated carbocycles. The summed E-state index contributed by atoms with van der Waals surface area (Å²) in [7, 11) is 0. The highest BCUT2D eigenvalue weighted by Crippen LogP contribution is 2.15. The van der Waals surface area contributed by atoms with Crippen LogP contribution in [0.3, 0.4) is 0 Å². The molecule has 1 unspecified atom stereocenters. The molecule has 0 aromatic rings. The van der Waals surface area contributed by atoms with Crippen LogP contribution >= 0.6 is 0 Å². The molecule has 0 heterocycles. The fourth-order valence-corrected chi connectivity index (χ4v) is 8.20. The van der Waals surface area contributed by atoms with E-state index in [9.17, 15) is 14.4 Å². The van der Waals surface area contributed by atoms with Gasteiger partial charge in [0.15, 0.2) is 6.10 Å². The van der Waals surface area contributed by atoms with Crippen molar-refractivity contribution in [3.05, 3.63) is 122 Å². The van der Waals surface area contributed by atoms with Gasteiger partial charge >= 0.3 is 17.9 Å². The predicted octanol–water partition coefficient (Wildman–Crippen LogP) is 20.8. The monoisotopic (exact) mass is 1020 g/mol. The van der Waals surface area contributed by atoms with E-state index in [0.29, 0.717) is 19.3 Å². The van der Waals surface area contributed by atoms with Crippen LogP contribution in [0.25, 0.3) is 0 Å². The average molecular weight is 1030 g/mol. The molecule has 0 radical (unpaired) electrons. The van der Waals surface area contributed by atoms with Gasteiger partial charge in [-0.2, -0.15) is 0 Å². The number of allylic oxidation sites excluding steroid dienone is 20. The molecule has 0 bridgehead atoms. The second-order valence-electron chi connectivity index (χ2n) is 19.9. The molecule has 0 saturated heterocycles. The Morgan fingerprint density at radius 1 is 0.284 bits per heavy atom.